The molecule has 1 saturated heterocycles. The van der Waals surface area contributed by atoms with Gasteiger partial charge >= 0.3 is 0 Å². The van der Waals surface area contributed by atoms with Crippen molar-refractivity contribution < 1.29 is 10.0 Å². The summed E-state index contributed by atoms with van der Waals surface area (Å²) in [7, 11) is 0. The van der Waals surface area contributed by atoms with Crippen LogP contribution in [0.25, 0.3) is 0 Å². The first kappa shape index (κ1) is 10.9. The summed E-state index contributed by atoms with van der Waals surface area (Å²) in [6.45, 7) is 4.12. The Bertz CT molecular complexity index is 212. The van der Waals surface area contributed by atoms with Gasteiger partial charge in [0.05, 0.1) is 17.7 Å². The van der Waals surface area contributed by atoms with E-state index in [2.05, 4.69) is 4.90 Å². The fraction of sp³-hybridized carbons (Fsp3) is 0.750. The molecule has 0 aromatic rings. The number of aliphatic hydroxyl groups is 1. The third kappa shape index (κ3) is 3.71. The van der Waals surface area contributed by atoms with Gasteiger partial charge in [0.2, 0.25) is 6.20 Å². The second-order valence-corrected chi connectivity index (χ2v) is 3.18. The Labute approximate surface area is 82.6 Å². The van der Waals surface area contributed by atoms with Crippen molar-refractivity contribution in [1.29, 1.82) is 0 Å². The van der Waals surface area contributed by atoms with Crippen LogP contribution in [0.2, 0.25) is 0 Å². The molecule has 80 valence electrons. The van der Waals surface area contributed by atoms with E-state index < -0.39 is 4.92 Å². The van der Waals surface area contributed by atoms with Gasteiger partial charge in [0, 0.05) is 32.7 Å². The molecule has 1 aliphatic rings. The van der Waals surface area contributed by atoms with Crippen LogP contribution in [0.3, 0.4) is 0 Å². The lowest BCUT2D eigenvalue weighted by molar-refractivity contribution is -0.403. The lowest BCUT2D eigenvalue weighted by Crippen LogP contribution is -2.44. The SMILES string of the molecule is O=[N+]([O-])C=CN1CCN(CCO)CC1. The molecule has 0 atom stereocenters. The lowest BCUT2D eigenvalue weighted by Gasteiger charge is -2.32. The molecular weight excluding hydrogens is 186 g/mol. The highest BCUT2D eigenvalue weighted by molar-refractivity contribution is 4.80. The van der Waals surface area contributed by atoms with E-state index in [1.54, 1.807) is 0 Å². The van der Waals surface area contributed by atoms with E-state index in [-0.39, 0.29) is 6.61 Å². The molecule has 6 heteroatoms. The van der Waals surface area contributed by atoms with Gasteiger partial charge in [0.25, 0.3) is 0 Å². The highest BCUT2D eigenvalue weighted by Gasteiger charge is 2.13. The van der Waals surface area contributed by atoms with Gasteiger partial charge in [0.1, 0.15) is 0 Å². The highest BCUT2D eigenvalue weighted by atomic mass is 16.6. The maximum atomic E-state index is 10.1. The van der Waals surface area contributed by atoms with Crippen LogP contribution in [0.5, 0.6) is 0 Å². The summed E-state index contributed by atoms with van der Waals surface area (Å²) in [5.74, 6) is 0. The van der Waals surface area contributed by atoms with Gasteiger partial charge in [-0.25, -0.2) is 0 Å². The van der Waals surface area contributed by atoms with E-state index in [4.69, 9.17) is 5.11 Å². The molecule has 1 rings (SSSR count). The first-order valence-corrected chi connectivity index (χ1v) is 4.61. The quantitative estimate of drug-likeness (QED) is 0.483. The third-order valence-electron chi connectivity index (χ3n) is 2.22. The van der Waals surface area contributed by atoms with Crippen molar-refractivity contribution in [1.82, 2.24) is 9.80 Å². The molecule has 14 heavy (non-hydrogen) atoms. The van der Waals surface area contributed by atoms with Crippen LogP contribution in [-0.2, 0) is 0 Å². The van der Waals surface area contributed by atoms with Crippen molar-refractivity contribution in [3.05, 3.63) is 22.5 Å². The van der Waals surface area contributed by atoms with Gasteiger partial charge in [-0.2, -0.15) is 0 Å². The highest BCUT2D eigenvalue weighted by Crippen LogP contribution is 2.01. The van der Waals surface area contributed by atoms with Crippen LogP contribution >= 0.6 is 0 Å². The molecule has 1 heterocycles. The number of piperazine rings is 1. The second kappa shape index (κ2) is 5.56. The van der Waals surface area contributed by atoms with Crippen LogP contribution in [0, 0.1) is 10.1 Å². The number of nitrogens with zero attached hydrogens (tertiary/aromatic N) is 3. The van der Waals surface area contributed by atoms with Gasteiger partial charge in [-0.15, -0.1) is 0 Å². The summed E-state index contributed by atoms with van der Waals surface area (Å²) in [5.41, 5.74) is 0. The zero-order valence-corrected chi connectivity index (χ0v) is 8.00. The van der Waals surface area contributed by atoms with E-state index in [9.17, 15) is 10.1 Å². The number of rotatable bonds is 4. The van der Waals surface area contributed by atoms with Crippen molar-refractivity contribution in [3.8, 4) is 0 Å². The molecule has 6 nitrogen and oxygen atoms in total. The molecule has 0 unspecified atom stereocenters. The molecule has 1 N–H and O–H groups in total. The average Bonchev–Trinajstić information content (AvgIpc) is 2.17. The van der Waals surface area contributed by atoms with Crippen LogP contribution in [-0.4, -0.2) is 59.2 Å². The fourth-order valence-corrected chi connectivity index (χ4v) is 1.43. The summed E-state index contributed by atoms with van der Waals surface area (Å²) in [5, 5.41) is 18.8. The van der Waals surface area contributed by atoms with Gasteiger partial charge in [-0.3, -0.25) is 15.0 Å². The zero-order chi connectivity index (χ0) is 10.4. The summed E-state index contributed by atoms with van der Waals surface area (Å²) in [6.07, 6.45) is 2.47. The maximum absolute atomic E-state index is 10.1. The molecular formula is C8H15N3O3. The largest absolute Gasteiger partial charge is 0.395 e. The minimum absolute atomic E-state index is 0.171. The number of hydrogen-bond donors (Lipinski definition) is 1. The normalized spacial score (nSPS) is 19.1. The molecule has 0 aromatic heterocycles. The molecule has 0 saturated carbocycles. The number of hydrogen-bond acceptors (Lipinski definition) is 5. The Hall–Kier alpha value is -1.14. The van der Waals surface area contributed by atoms with E-state index >= 15 is 0 Å². The van der Waals surface area contributed by atoms with Crippen molar-refractivity contribution in [2.75, 3.05) is 39.3 Å². The monoisotopic (exact) mass is 201 g/mol. The first-order valence-electron chi connectivity index (χ1n) is 4.61. The van der Waals surface area contributed by atoms with E-state index in [1.807, 2.05) is 4.90 Å². The smallest absolute Gasteiger partial charge is 0.250 e. The Morgan fingerprint density at radius 3 is 2.50 bits per heavy atom. The van der Waals surface area contributed by atoms with Crippen molar-refractivity contribution in [2.24, 2.45) is 0 Å². The minimum Gasteiger partial charge on any atom is -0.395 e. The second-order valence-electron chi connectivity index (χ2n) is 3.18. The molecule has 0 spiro atoms. The molecule has 1 aliphatic heterocycles. The summed E-state index contributed by atoms with van der Waals surface area (Å²) >= 11 is 0. The maximum Gasteiger partial charge on any atom is 0.250 e. The minimum atomic E-state index is -0.458. The van der Waals surface area contributed by atoms with Gasteiger partial charge in [-0.1, -0.05) is 0 Å². The van der Waals surface area contributed by atoms with Crippen LogP contribution in [0.4, 0.5) is 0 Å². The molecule has 1 fully saturated rings. The van der Waals surface area contributed by atoms with Crippen molar-refractivity contribution in [2.45, 2.75) is 0 Å². The van der Waals surface area contributed by atoms with E-state index in [0.29, 0.717) is 6.54 Å². The van der Waals surface area contributed by atoms with Gasteiger partial charge < -0.3 is 10.0 Å². The Kier molecular flexibility index (Phi) is 4.34. The molecule has 0 amide bonds. The third-order valence-corrected chi connectivity index (χ3v) is 2.22. The summed E-state index contributed by atoms with van der Waals surface area (Å²) in [6, 6.07) is 0. The lowest BCUT2D eigenvalue weighted by atomic mass is 10.3. The van der Waals surface area contributed by atoms with Crippen molar-refractivity contribution in [3.63, 3.8) is 0 Å². The Morgan fingerprint density at radius 2 is 2.00 bits per heavy atom. The van der Waals surface area contributed by atoms with Gasteiger partial charge in [-0.05, 0) is 0 Å². The predicted octanol–water partition coefficient (Wildman–Crippen LogP) is -0.656. The van der Waals surface area contributed by atoms with E-state index in [1.165, 1.54) is 6.20 Å². The fourth-order valence-electron chi connectivity index (χ4n) is 1.43. The van der Waals surface area contributed by atoms with Gasteiger partial charge in [0.15, 0.2) is 0 Å². The Balaban J connectivity index is 2.25. The Morgan fingerprint density at radius 1 is 1.36 bits per heavy atom. The predicted molar refractivity (Wildman–Crippen MR) is 51.2 cm³/mol. The molecule has 0 radical (unpaired) electrons. The zero-order valence-electron chi connectivity index (χ0n) is 8.00. The number of β-amino-alcohol motifs (C(OH)–C–C–N with tert-alkyl or cyclic N) is 1. The summed E-state index contributed by atoms with van der Waals surface area (Å²) < 4.78 is 0. The topological polar surface area (TPSA) is 69.9 Å². The molecule has 0 aliphatic carbocycles. The average molecular weight is 201 g/mol. The molecule has 0 bridgehead atoms. The van der Waals surface area contributed by atoms with E-state index in [0.717, 1.165) is 32.4 Å². The van der Waals surface area contributed by atoms with Crippen LogP contribution in [0.15, 0.2) is 12.4 Å². The van der Waals surface area contributed by atoms with Crippen LogP contribution in [0.1, 0.15) is 0 Å². The number of nitro groups is 1. The standard InChI is InChI=1S/C8H15N3O3/c12-8-7-10-3-1-9(2-4-10)5-6-11(13)14/h5-6,12H,1-4,7-8H2. The van der Waals surface area contributed by atoms with Crippen LogP contribution < -0.4 is 0 Å². The number of aliphatic hydroxyl groups excluding tert-OH is 1. The molecule has 0 aromatic carbocycles. The first-order chi connectivity index (χ1) is 6.72. The van der Waals surface area contributed by atoms with Crippen molar-refractivity contribution >= 4 is 0 Å². The summed E-state index contributed by atoms with van der Waals surface area (Å²) in [4.78, 5) is 13.6.